The molecule has 0 radical (unpaired) electrons. The molecule has 0 spiro atoms. The minimum atomic E-state index is 0.263. The van der Waals surface area contributed by atoms with E-state index >= 15 is 0 Å². The van der Waals surface area contributed by atoms with Crippen molar-refractivity contribution in [3.63, 3.8) is 0 Å². The normalized spacial score (nSPS) is 30.9. The molecule has 1 aliphatic heterocycles. The van der Waals surface area contributed by atoms with Crippen LogP contribution >= 0.6 is 0 Å². The Balaban J connectivity index is 1.87. The molecule has 3 heteroatoms. The Bertz CT molecular complexity index is 299. The summed E-state index contributed by atoms with van der Waals surface area (Å²) in [5.74, 6) is 0.789. The highest BCUT2D eigenvalue weighted by Gasteiger charge is 2.38. The molecule has 2 N–H and O–H groups in total. The molecule has 1 aliphatic carbocycles. The van der Waals surface area contributed by atoms with E-state index in [0.717, 1.165) is 25.9 Å². The zero-order valence-corrected chi connectivity index (χ0v) is 12.0. The number of likely N-dealkylation sites (tertiary alicyclic amines) is 1. The van der Waals surface area contributed by atoms with Gasteiger partial charge in [-0.2, -0.15) is 0 Å². The average Bonchev–Trinajstić information content (AvgIpc) is 2.97. The number of rotatable bonds is 4. The first-order valence-electron chi connectivity index (χ1n) is 7.63. The maximum absolute atomic E-state index is 12.3. The summed E-state index contributed by atoms with van der Waals surface area (Å²) < 4.78 is 0. The molecule has 1 heterocycles. The van der Waals surface area contributed by atoms with Gasteiger partial charge in [0.15, 0.2) is 0 Å². The molecule has 1 saturated heterocycles. The van der Waals surface area contributed by atoms with Crippen molar-refractivity contribution in [2.75, 3.05) is 13.1 Å². The van der Waals surface area contributed by atoms with Gasteiger partial charge >= 0.3 is 0 Å². The second-order valence-corrected chi connectivity index (χ2v) is 6.33. The lowest BCUT2D eigenvalue weighted by Gasteiger charge is -2.27. The van der Waals surface area contributed by atoms with E-state index in [1.165, 1.54) is 25.7 Å². The lowest BCUT2D eigenvalue weighted by molar-refractivity contribution is -0.131. The lowest BCUT2D eigenvalue weighted by Crippen LogP contribution is -2.35. The van der Waals surface area contributed by atoms with Gasteiger partial charge in [0.2, 0.25) is 5.91 Å². The van der Waals surface area contributed by atoms with Crippen LogP contribution in [0.5, 0.6) is 0 Å². The SMILES string of the molecule is CCC1(CC)CCN(C(=O)C[C@@H]2CCC[C@H]2N)C1. The molecular formula is C15H28N2O. The highest BCUT2D eigenvalue weighted by molar-refractivity contribution is 5.77. The topological polar surface area (TPSA) is 46.3 Å². The molecule has 0 bridgehead atoms. The van der Waals surface area contributed by atoms with Crippen LogP contribution in [0, 0.1) is 11.3 Å². The predicted molar refractivity (Wildman–Crippen MR) is 74.1 cm³/mol. The molecule has 1 amide bonds. The highest BCUT2D eigenvalue weighted by atomic mass is 16.2. The van der Waals surface area contributed by atoms with Crippen molar-refractivity contribution in [3.8, 4) is 0 Å². The number of nitrogens with zero attached hydrogens (tertiary/aromatic N) is 1. The van der Waals surface area contributed by atoms with E-state index in [2.05, 4.69) is 18.7 Å². The summed E-state index contributed by atoms with van der Waals surface area (Å²) in [5.41, 5.74) is 6.46. The smallest absolute Gasteiger partial charge is 0.222 e. The predicted octanol–water partition coefficient (Wildman–Crippen LogP) is 2.54. The third-order valence-electron chi connectivity index (χ3n) is 5.45. The number of carbonyl (C=O) groups excluding carboxylic acids is 1. The first kappa shape index (κ1) is 13.9. The minimum absolute atomic E-state index is 0.263. The molecule has 0 aromatic heterocycles. The molecule has 2 atom stereocenters. The Labute approximate surface area is 111 Å². The van der Waals surface area contributed by atoms with Gasteiger partial charge in [-0.15, -0.1) is 0 Å². The summed E-state index contributed by atoms with van der Waals surface area (Å²) in [5, 5.41) is 0. The van der Waals surface area contributed by atoms with Gasteiger partial charge in [0.05, 0.1) is 0 Å². The number of nitrogens with two attached hydrogens (primary N) is 1. The summed E-state index contributed by atoms with van der Waals surface area (Å²) in [6.07, 6.45) is 7.70. The second kappa shape index (κ2) is 5.60. The Morgan fingerprint density at radius 3 is 2.56 bits per heavy atom. The molecular weight excluding hydrogens is 224 g/mol. The van der Waals surface area contributed by atoms with Gasteiger partial charge in [-0.1, -0.05) is 20.3 Å². The van der Waals surface area contributed by atoms with E-state index in [9.17, 15) is 4.79 Å². The number of hydrogen-bond donors (Lipinski definition) is 1. The van der Waals surface area contributed by atoms with Crippen molar-refractivity contribution in [2.24, 2.45) is 17.1 Å². The summed E-state index contributed by atoms with van der Waals surface area (Å²) >= 11 is 0. The van der Waals surface area contributed by atoms with Crippen LogP contribution in [-0.4, -0.2) is 29.9 Å². The first-order chi connectivity index (χ1) is 8.60. The fraction of sp³-hybridized carbons (Fsp3) is 0.933. The molecule has 1 saturated carbocycles. The van der Waals surface area contributed by atoms with Crippen LogP contribution in [0.25, 0.3) is 0 Å². The maximum atomic E-state index is 12.3. The van der Waals surface area contributed by atoms with E-state index in [-0.39, 0.29) is 6.04 Å². The molecule has 2 rings (SSSR count). The van der Waals surface area contributed by atoms with Crippen molar-refractivity contribution in [1.82, 2.24) is 4.90 Å². The van der Waals surface area contributed by atoms with Crippen LogP contribution in [0.2, 0.25) is 0 Å². The minimum Gasteiger partial charge on any atom is -0.342 e. The second-order valence-electron chi connectivity index (χ2n) is 6.33. The van der Waals surface area contributed by atoms with Gasteiger partial charge < -0.3 is 10.6 Å². The zero-order valence-electron chi connectivity index (χ0n) is 12.0. The quantitative estimate of drug-likeness (QED) is 0.835. The van der Waals surface area contributed by atoms with Crippen LogP contribution in [0.3, 0.4) is 0 Å². The molecule has 0 aromatic carbocycles. The van der Waals surface area contributed by atoms with Crippen LogP contribution in [0.1, 0.15) is 58.8 Å². The Hall–Kier alpha value is -0.570. The number of carbonyl (C=O) groups is 1. The Kier molecular flexibility index (Phi) is 4.31. The van der Waals surface area contributed by atoms with Crippen molar-refractivity contribution in [2.45, 2.75) is 64.8 Å². The van der Waals surface area contributed by atoms with Crippen LogP contribution in [-0.2, 0) is 4.79 Å². The van der Waals surface area contributed by atoms with Crippen LogP contribution in [0.4, 0.5) is 0 Å². The van der Waals surface area contributed by atoms with E-state index in [4.69, 9.17) is 5.73 Å². The third kappa shape index (κ3) is 2.71. The van der Waals surface area contributed by atoms with Crippen molar-refractivity contribution in [1.29, 1.82) is 0 Å². The summed E-state index contributed by atoms with van der Waals surface area (Å²) in [6, 6.07) is 0.263. The molecule has 0 aromatic rings. The summed E-state index contributed by atoms with van der Waals surface area (Å²) in [4.78, 5) is 14.4. The summed E-state index contributed by atoms with van der Waals surface area (Å²) in [7, 11) is 0. The fourth-order valence-electron chi connectivity index (χ4n) is 3.65. The monoisotopic (exact) mass is 252 g/mol. The van der Waals surface area contributed by atoms with Crippen molar-refractivity contribution in [3.05, 3.63) is 0 Å². The molecule has 2 aliphatic rings. The fourth-order valence-corrected chi connectivity index (χ4v) is 3.65. The van der Waals surface area contributed by atoms with E-state index in [1.807, 2.05) is 0 Å². The zero-order chi connectivity index (χ0) is 13.2. The van der Waals surface area contributed by atoms with E-state index < -0.39 is 0 Å². The number of amides is 1. The maximum Gasteiger partial charge on any atom is 0.222 e. The van der Waals surface area contributed by atoms with Crippen molar-refractivity contribution < 1.29 is 4.79 Å². The molecule has 3 nitrogen and oxygen atoms in total. The van der Waals surface area contributed by atoms with Gasteiger partial charge in [0.25, 0.3) is 0 Å². The van der Waals surface area contributed by atoms with E-state index in [1.54, 1.807) is 0 Å². The number of hydrogen-bond acceptors (Lipinski definition) is 2. The average molecular weight is 252 g/mol. The van der Waals surface area contributed by atoms with Gasteiger partial charge in [-0.3, -0.25) is 4.79 Å². The lowest BCUT2D eigenvalue weighted by atomic mass is 9.82. The van der Waals surface area contributed by atoms with Gasteiger partial charge in [0, 0.05) is 25.6 Å². The Morgan fingerprint density at radius 2 is 2.06 bits per heavy atom. The molecule has 18 heavy (non-hydrogen) atoms. The Morgan fingerprint density at radius 1 is 1.33 bits per heavy atom. The molecule has 0 unspecified atom stereocenters. The molecule has 2 fully saturated rings. The van der Waals surface area contributed by atoms with Crippen LogP contribution in [0.15, 0.2) is 0 Å². The first-order valence-corrected chi connectivity index (χ1v) is 7.63. The van der Waals surface area contributed by atoms with Crippen LogP contribution < -0.4 is 5.73 Å². The van der Waals surface area contributed by atoms with Gasteiger partial charge in [0.1, 0.15) is 0 Å². The summed E-state index contributed by atoms with van der Waals surface area (Å²) in [6.45, 7) is 6.44. The largest absolute Gasteiger partial charge is 0.342 e. The highest BCUT2D eigenvalue weighted by Crippen LogP contribution is 2.38. The van der Waals surface area contributed by atoms with Gasteiger partial charge in [-0.25, -0.2) is 0 Å². The molecule has 104 valence electrons. The standard InChI is InChI=1S/C15H28N2O/c1-3-15(4-2)8-9-17(11-15)14(18)10-12-6-5-7-13(12)16/h12-13H,3-11,16H2,1-2H3/t12-,13+/m0/s1. The van der Waals surface area contributed by atoms with Gasteiger partial charge in [-0.05, 0) is 43.4 Å². The van der Waals surface area contributed by atoms with E-state index in [0.29, 0.717) is 23.7 Å². The van der Waals surface area contributed by atoms with Crippen molar-refractivity contribution >= 4 is 5.91 Å². The third-order valence-corrected chi connectivity index (χ3v) is 5.45.